The second-order valence-electron chi connectivity index (χ2n) is 5.29. The van der Waals surface area contributed by atoms with Crippen molar-refractivity contribution >= 4 is 23.1 Å². The van der Waals surface area contributed by atoms with Gasteiger partial charge in [-0.25, -0.2) is 0 Å². The molecule has 1 saturated heterocycles. The minimum atomic E-state index is -4.26. The predicted octanol–water partition coefficient (Wildman–Crippen LogP) is 2.88. The van der Waals surface area contributed by atoms with Crippen LogP contribution in [-0.4, -0.2) is 35.1 Å². The van der Waals surface area contributed by atoms with E-state index in [9.17, 15) is 18.0 Å². The number of nitrogens with two attached hydrogens (primary N) is 1. The van der Waals surface area contributed by atoms with E-state index in [0.717, 1.165) is 0 Å². The van der Waals surface area contributed by atoms with Gasteiger partial charge in [-0.15, -0.1) is 0 Å². The number of carbonyl (C=O) groups excluding carboxylic acids is 1. The van der Waals surface area contributed by atoms with E-state index >= 15 is 0 Å². The summed E-state index contributed by atoms with van der Waals surface area (Å²) in [6.45, 7) is 3.62. The van der Waals surface area contributed by atoms with Crippen molar-refractivity contribution in [3.05, 3.63) is 0 Å². The van der Waals surface area contributed by atoms with Crippen LogP contribution < -0.4 is 5.73 Å². The fraction of sp³-hybridized carbons (Fsp3) is 0.846. The lowest BCUT2D eigenvalue weighted by Gasteiger charge is -2.40. The Hall–Kier alpha value is -0.850. The topological polar surface area (TPSA) is 46.3 Å². The Morgan fingerprint density at radius 1 is 1.35 bits per heavy atom. The van der Waals surface area contributed by atoms with Crippen molar-refractivity contribution in [2.45, 2.75) is 45.7 Å². The number of likely N-dealkylation sites (tertiary alicyclic amines) is 1. The summed E-state index contributed by atoms with van der Waals surface area (Å²) in [4.78, 5) is 13.9. The lowest BCUT2D eigenvalue weighted by Crippen LogP contribution is -2.54. The molecule has 0 radical (unpaired) electrons. The highest BCUT2D eigenvalue weighted by Gasteiger charge is 2.46. The van der Waals surface area contributed by atoms with E-state index in [1.165, 1.54) is 4.90 Å². The van der Waals surface area contributed by atoms with Gasteiger partial charge in [0.15, 0.2) is 0 Å². The Morgan fingerprint density at radius 3 is 2.30 bits per heavy atom. The molecule has 1 atom stereocenters. The highest BCUT2D eigenvalue weighted by atomic mass is 32.1. The second-order valence-corrected chi connectivity index (χ2v) is 5.73. The van der Waals surface area contributed by atoms with Crippen LogP contribution >= 0.6 is 12.2 Å². The van der Waals surface area contributed by atoms with Crippen LogP contribution in [0.1, 0.15) is 39.5 Å². The van der Waals surface area contributed by atoms with Gasteiger partial charge in [-0.2, -0.15) is 13.2 Å². The van der Waals surface area contributed by atoms with Gasteiger partial charge < -0.3 is 10.6 Å². The third-order valence-corrected chi connectivity index (χ3v) is 4.65. The summed E-state index contributed by atoms with van der Waals surface area (Å²) < 4.78 is 38.4. The molecule has 1 unspecified atom stereocenters. The quantitative estimate of drug-likeness (QED) is 0.812. The molecule has 0 spiro atoms. The normalized spacial score (nSPS) is 20.9. The van der Waals surface area contributed by atoms with Crippen LogP contribution in [0.15, 0.2) is 0 Å². The Labute approximate surface area is 122 Å². The molecule has 3 nitrogen and oxygen atoms in total. The van der Waals surface area contributed by atoms with Gasteiger partial charge in [-0.3, -0.25) is 4.79 Å². The van der Waals surface area contributed by atoms with Gasteiger partial charge in [0.05, 0.1) is 16.3 Å². The Balaban J connectivity index is 2.93. The molecule has 1 amide bonds. The number of hydrogen-bond acceptors (Lipinski definition) is 2. The van der Waals surface area contributed by atoms with Gasteiger partial charge in [0.2, 0.25) is 5.91 Å². The summed E-state index contributed by atoms with van der Waals surface area (Å²) in [5, 5.41) is 0. The van der Waals surface area contributed by atoms with Crippen LogP contribution in [0.2, 0.25) is 0 Å². The molecule has 0 bridgehead atoms. The van der Waals surface area contributed by atoms with E-state index in [2.05, 4.69) is 0 Å². The molecule has 1 heterocycles. The number of thiocarbonyl (C=S) groups is 1. The maximum atomic E-state index is 12.8. The molecule has 0 aromatic rings. The summed E-state index contributed by atoms with van der Waals surface area (Å²) >= 11 is 4.98. The fourth-order valence-corrected chi connectivity index (χ4v) is 3.11. The van der Waals surface area contributed by atoms with Crippen LogP contribution in [-0.2, 0) is 4.79 Å². The molecular formula is C13H21F3N2OS. The standard InChI is InChI=1S/C13H21F3N2OS/c1-3-12(4-2,10(17)20)11(19)18-7-5-6-9(8-18)13(14,15)16/h9H,3-8H2,1-2H3,(H2,17,20). The SMILES string of the molecule is CCC(CC)(C(=O)N1CCCC(C(F)(F)F)C1)C(N)=S. The van der Waals surface area contributed by atoms with E-state index in [1.807, 2.05) is 0 Å². The first-order chi connectivity index (χ1) is 9.19. The molecule has 0 aromatic heterocycles. The average molecular weight is 310 g/mol. The number of alkyl halides is 3. The molecule has 2 N–H and O–H groups in total. The Kier molecular flexibility index (Phi) is 5.40. The molecule has 0 aromatic carbocycles. The zero-order chi connectivity index (χ0) is 15.6. The van der Waals surface area contributed by atoms with Crippen LogP contribution in [0, 0.1) is 11.3 Å². The van der Waals surface area contributed by atoms with Crippen LogP contribution in [0.25, 0.3) is 0 Å². The third-order valence-electron chi connectivity index (χ3n) is 4.26. The van der Waals surface area contributed by atoms with E-state index < -0.39 is 17.5 Å². The molecule has 116 valence electrons. The van der Waals surface area contributed by atoms with Crippen molar-refractivity contribution in [3.63, 3.8) is 0 Å². The third kappa shape index (κ3) is 3.24. The largest absolute Gasteiger partial charge is 0.393 e. The van der Waals surface area contributed by atoms with Gasteiger partial charge in [0.25, 0.3) is 0 Å². The molecule has 0 saturated carbocycles. The Morgan fingerprint density at radius 2 is 1.90 bits per heavy atom. The van der Waals surface area contributed by atoms with E-state index in [4.69, 9.17) is 18.0 Å². The van der Waals surface area contributed by atoms with Gasteiger partial charge in [-0.1, -0.05) is 26.1 Å². The summed E-state index contributed by atoms with van der Waals surface area (Å²) in [7, 11) is 0. The minimum absolute atomic E-state index is 0.0710. The smallest absolute Gasteiger partial charge is 0.392 e. The van der Waals surface area contributed by atoms with Crippen molar-refractivity contribution < 1.29 is 18.0 Å². The van der Waals surface area contributed by atoms with Crippen molar-refractivity contribution in [1.82, 2.24) is 4.90 Å². The number of amides is 1. The van der Waals surface area contributed by atoms with E-state index in [0.29, 0.717) is 25.8 Å². The first-order valence-corrected chi connectivity index (χ1v) is 7.25. The highest BCUT2D eigenvalue weighted by Crippen LogP contribution is 2.36. The highest BCUT2D eigenvalue weighted by molar-refractivity contribution is 7.80. The number of piperidine rings is 1. The van der Waals surface area contributed by atoms with Gasteiger partial charge >= 0.3 is 6.18 Å². The number of nitrogens with zero attached hydrogens (tertiary/aromatic N) is 1. The summed E-state index contributed by atoms with van der Waals surface area (Å²) in [5.41, 5.74) is 4.67. The first kappa shape index (κ1) is 17.2. The number of carbonyl (C=O) groups is 1. The van der Waals surface area contributed by atoms with Crippen LogP contribution in [0.3, 0.4) is 0 Å². The van der Waals surface area contributed by atoms with Gasteiger partial charge in [0.1, 0.15) is 0 Å². The number of halogens is 3. The van der Waals surface area contributed by atoms with Crippen molar-refractivity contribution in [2.24, 2.45) is 17.1 Å². The lowest BCUT2D eigenvalue weighted by atomic mass is 9.80. The lowest BCUT2D eigenvalue weighted by molar-refractivity contribution is -0.189. The summed E-state index contributed by atoms with van der Waals surface area (Å²) in [6, 6.07) is 0. The maximum absolute atomic E-state index is 12.8. The zero-order valence-electron chi connectivity index (χ0n) is 11.8. The minimum Gasteiger partial charge on any atom is -0.392 e. The average Bonchev–Trinajstić information content (AvgIpc) is 2.39. The van der Waals surface area contributed by atoms with Crippen LogP contribution in [0.4, 0.5) is 13.2 Å². The van der Waals surface area contributed by atoms with Crippen molar-refractivity contribution in [3.8, 4) is 0 Å². The van der Waals surface area contributed by atoms with Gasteiger partial charge in [-0.05, 0) is 25.7 Å². The molecule has 1 rings (SSSR count). The Bertz CT molecular complexity index is 380. The van der Waals surface area contributed by atoms with Crippen LogP contribution in [0.5, 0.6) is 0 Å². The molecular weight excluding hydrogens is 289 g/mol. The predicted molar refractivity (Wildman–Crippen MR) is 75.2 cm³/mol. The number of hydrogen-bond donors (Lipinski definition) is 1. The van der Waals surface area contributed by atoms with E-state index in [-0.39, 0.29) is 23.9 Å². The molecule has 1 aliphatic rings. The van der Waals surface area contributed by atoms with Crippen molar-refractivity contribution in [2.75, 3.05) is 13.1 Å². The zero-order valence-corrected chi connectivity index (χ0v) is 12.6. The van der Waals surface area contributed by atoms with Gasteiger partial charge in [0, 0.05) is 13.1 Å². The molecule has 1 fully saturated rings. The molecule has 7 heteroatoms. The monoisotopic (exact) mass is 310 g/mol. The summed E-state index contributed by atoms with van der Waals surface area (Å²) in [6.07, 6.45) is -3.01. The first-order valence-electron chi connectivity index (χ1n) is 6.85. The molecule has 20 heavy (non-hydrogen) atoms. The maximum Gasteiger partial charge on any atom is 0.393 e. The fourth-order valence-electron chi connectivity index (χ4n) is 2.74. The second kappa shape index (κ2) is 6.28. The van der Waals surface area contributed by atoms with E-state index in [1.54, 1.807) is 13.8 Å². The summed E-state index contributed by atoms with van der Waals surface area (Å²) in [5.74, 6) is -1.80. The number of rotatable bonds is 4. The molecule has 1 aliphatic heterocycles. The van der Waals surface area contributed by atoms with Crippen molar-refractivity contribution in [1.29, 1.82) is 0 Å². The molecule has 0 aliphatic carbocycles.